The molecule has 0 bridgehead atoms. The van der Waals surface area contributed by atoms with Gasteiger partial charge in [0.25, 0.3) is 0 Å². The largest absolute Gasteiger partial charge is 0.342 e. The summed E-state index contributed by atoms with van der Waals surface area (Å²) in [5, 5.41) is 8.91. The number of likely N-dealkylation sites (tertiary alicyclic amines) is 2. The number of hydrogen-bond donors (Lipinski definition) is 3. The average molecular weight is 757 g/mol. The highest BCUT2D eigenvalue weighted by Crippen LogP contribution is 2.30. The van der Waals surface area contributed by atoms with Gasteiger partial charge >= 0.3 is 0 Å². The number of nitrogens with one attached hydrogen (secondary N) is 3. The lowest BCUT2D eigenvalue weighted by molar-refractivity contribution is -0.141. The smallest absolute Gasteiger partial charge is 0.249 e. The Morgan fingerprint density at radius 2 is 1.40 bits per heavy atom. The number of rotatable bonds is 14. The van der Waals surface area contributed by atoms with Gasteiger partial charge < -0.3 is 20.4 Å². The lowest BCUT2D eigenvalue weighted by atomic mass is 9.76. The summed E-state index contributed by atoms with van der Waals surface area (Å²) in [6.07, 6.45) is 4.44. The van der Waals surface area contributed by atoms with Crippen LogP contribution in [0.1, 0.15) is 92.2 Å². The van der Waals surface area contributed by atoms with Crippen molar-refractivity contribution in [3.8, 4) is 0 Å². The van der Waals surface area contributed by atoms with Gasteiger partial charge in [-0.2, -0.15) is 0 Å². The molecule has 11 heteroatoms. The van der Waals surface area contributed by atoms with E-state index in [2.05, 4.69) is 20.9 Å². The highest BCUT2D eigenvalue weighted by atomic mass is 16.2. The van der Waals surface area contributed by atoms with E-state index in [1.54, 1.807) is 36.9 Å². The quantitative estimate of drug-likeness (QED) is 0.186. The van der Waals surface area contributed by atoms with Crippen LogP contribution in [-0.4, -0.2) is 102 Å². The molecule has 5 atom stereocenters. The van der Waals surface area contributed by atoms with Crippen molar-refractivity contribution in [2.75, 3.05) is 27.2 Å². The van der Waals surface area contributed by atoms with Gasteiger partial charge in [0.05, 0.1) is 18.1 Å². The predicted octanol–water partition coefficient (Wildman–Crippen LogP) is 4.81. The molecule has 2 aromatic carbocycles. The van der Waals surface area contributed by atoms with Crippen LogP contribution >= 0.6 is 0 Å². The maximum atomic E-state index is 14.4. The number of carbonyl (C=O) groups excluding carboxylic acids is 5. The third kappa shape index (κ3) is 10.5. The molecule has 11 nitrogen and oxygen atoms in total. The molecule has 2 saturated heterocycles. The molecule has 55 heavy (non-hydrogen) atoms. The molecule has 300 valence electrons. The van der Waals surface area contributed by atoms with Crippen LogP contribution in [0.2, 0.25) is 0 Å². The van der Waals surface area contributed by atoms with Gasteiger partial charge in [0.15, 0.2) is 0 Å². The lowest BCUT2D eigenvalue weighted by Gasteiger charge is -2.40. The number of benzene rings is 2. The summed E-state index contributed by atoms with van der Waals surface area (Å²) in [5.74, 6) is -1.71. The zero-order valence-electron chi connectivity index (χ0n) is 34.6. The van der Waals surface area contributed by atoms with Crippen molar-refractivity contribution in [2.24, 2.45) is 11.3 Å². The van der Waals surface area contributed by atoms with E-state index in [9.17, 15) is 24.0 Å². The van der Waals surface area contributed by atoms with Crippen LogP contribution in [0, 0.1) is 11.3 Å². The number of hydrogen-bond acceptors (Lipinski definition) is 7. The van der Waals surface area contributed by atoms with Crippen LogP contribution in [-0.2, 0) is 35.9 Å². The standard InChI is InChI=1S/C44H64N6O5/c1-29(2)35(48(10)42(55)37(43(4,5)6)46-40(53)36(45-9)44(7,8)32-21-15-12-16-22-32)27-30(3)41(54)50-26-18-24-34(50)39(52)47-38(51)33-23-17-25-49(33)28-31-19-13-11-14-20-31/h11-16,19-22,27,29,33-37,45H,17-18,23-26,28H2,1-10H3,(H,46,53)(H,47,51,52)/t33-,34-,35-,36-,37-/m1/s1. The van der Waals surface area contributed by atoms with Gasteiger partial charge in [0.2, 0.25) is 29.5 Å². The predicted molar refractivity (Wildman–Crippen MR) is 217 cm³/mol. The van der Waals surface area contributed by atoms with Crippen molar-refractivity contribution in [1.29, 1.82) is 0 Å². The van der Waals surface area contributed by atoms with Gasteiger partial charge in [-0.15, -0.1) is 0 Å². The zero-order valence-corrected chi connectivity index (χ0v) is 34.6. The molecule has 2 aliphatic heterocycles. The van der Waals surface area contributed by atoms with Crippen LogP contribution in [0.5, 0.6) is 0 Å². The lowest BCUT2D eigenvalue weighted by Crippen LogP contribution is -2.61. The number of imide groups is 1. The molecule has 0 spiro atoms. The fourth-order valence-corrected chi connectivity index (χ4v) is 8.08. The molecule has 2 aromatic rings. The third-order valence-corrected chi connectivity index (χ3v) is 11.4. The fraction of sp³-hybridized carbons (Fsp3) is 0.568. The van der Waals surface area contributed by atoms with E-state index < -0.39 is 46.9 Å². The number of carbonyl (C=O) groups is 5. The van der Waals surface area contributed by atoms with E-state index in [0.717, 1.165) is 24.1 Å². The molecule has 0 radical (unpaired) electrons. The molecule has 3 N–H and O–H groups in total. The Morgan fingerprint density at radius 3 is 1.98 bits per heavy atom. The molecular weight excluding hydrogens is 693 g/mol. The summed E-state index contributed by atoms with van der Waals surface area (Å²) >= 11 is 0. The molecule has 0 unspecified atom stereocenters. The van der Waals surface area contributed by atoms with Crippen molar-refractivity contribution in [2.45, 2.75) is 123 Å². The van der Waals surface area contributed by atoms with Crippen LogP contribution in [0.3, 0.4) is 0 Å². The second-order valence-electron chi connectivity index (χ2n) is 17.3. The Kier molecular flexibility index (Phi) is 14.6. The van der Waals surface area contributed by atoms with Crippen molar-refractivity contribution in [1.82, 2.24) is 30.7 Å². The molecule has 0 aliphatic carbocycles. The molecular formula is C44H64N6O5. The topological polar surface area (TPSA) is 131 Å². The fourth-order valence-electron chi connectivity index (χ4n) is 8.08. The van der Waals surface area contributed by atoms with Crippen molar-refractivity contribution < 1.29 is 24.0 Å². The summed E-state index contributed by atoms with van der Waals surface area (Å²) in [5.41, 5.74) is 1.31. The molecule has 4 rings (SSSR count). The van der Waals surface area contributed by atoms with Crippen molar-refractivity contribution >= 4 is 29.5 Å². The Hall–Kier alpha value is -4.35. The Labute approximate surface area is 328 Å². The highest BCUT2D eigenvalue weighted by molar-refractivity contribution is 6.03. The third-order valence-electron chi connectivity index (χ3n) is 11.4. The summed E-state index contributed by atoms with van der Waals surface area (Å²) < 4.78 is 0. The second kappa shape index (κ2) is 18.5. The van der Waals surface area contributed by atoms with Gasteiger partial charge in [0, 0.05) is 31.1 Å². The minimum Gasteiger partial charge on any atom is -0.342 e. The normalized spacial score (nSPS) is 19.8. The zero-order chi connectivity index (χ0) is 40.7. The first-order valence-electron chi connectivity index (χ1n) is 19.8. The maximum absolute atomic E-state index is 14.4. The number of amides is 5. The van der Waals surface area contributed by atoms with Gasteiger partial charge in [-0.25, -0.2) is 0 Å². The van der Waals surface area contributed by atoms with Gasteiger partial charge in [-0.05, 0) is 68.7 Å². The van der Waals surface area contributed by atoms with E-state index >= 15 is 0 Å². The van der Waals surface area contributed by atoms with E-state index in [1.165, 1.54) is 0 Å². The number of nitrogens with zero attached hydrogens (tertiary/aromatic N) is 3. The maximum Gasteiger partial charge on any atom is 0.249 e. The van der Waals surface area contributed by atoms with Crippen LogP contribution in [0.15, 0.2) is 72.3 Å². The number of likely N-dealkylation sites (N-methyl/N-ethyl adjacent to an activating group) is 2. The van der Waals surface area contributed by atoms with Crippen LogP contribution < -0.4 is 16.0 Å². The van der Waals surface area contributed by atoms with E-state index in [-0.39, 0.29) is 29.5 Å². The minimum atomic E-state index is -0.856. The van der Waals surface area contributed by atoms with E-state index in [1.807, 2.05) is 109 Å². The SMILES string of the molecule is CN[C@H](C(=O)N[C@H](C(=O)N(C)[C@H](C=C(C)C(=O)N1CCC[C@@H]1C(=O)NC(=O)[C@H]1CCCN1Cc1ccccc1)C(C)C)C(C)(C)C)C(C)(C)c1ccccc1. The Morgan fingerprint density at radius 1 is 0.836 bits per heavy atom. The van der Waals surface area contributed by atoms with Crippen LogP contribution in [0.25, 0.3) is 0 Å². The van der Waals surface area contributed by atoms with E-state index in [0.29, 0.717) is 37.9 Å². The van der Waals surface area contributed by atoms with Crippen molar-refractivity contribution in [3.05, 3.63) is 83.4 Å². The first-order chi connectivity index (χ1) is 25.9. The first-order valence-corrected chi connectivity index (χ1v) is 19.8. The van der Waals surface area contributed by atoms with Crippen molar-refractivity contribution in [3.63, 3.8) is 0 Å². The Balaban J connectivity index is 1.46. The first kappa shape index (κ1) is 43.4. The van der Waals surface area contributed by atoms with Gasteiger partial charge in [-0.1, -0.05) is 115 Å². The molecule has 0 aromatic heterocycles. The average Bonchev–Trinajstić information content (AvgIpc) is 3.83. The second-order valence-corrected chi connectivity index (χ2v) is 17.3. The van der Waals surface area contributed by atoms with Gasteiger partial charge in [0.1, 0.15) is 12.1 Å². The molecule has 2 aliphatic rings. The molecule has 2 fully saturated rings. The van der Waals surface area contributed by atoms with E-state index in [4.69, 9.17) is 0 Å². The molecule has 2 heterocycles. The summed E-state index contributed by atoms with van der Waals surface area (Å²) in [6, 6.07) is 16.7. The minimum absolute atomic E-state index is 0.0735. The van der Waals surface area contributed by atoms with Gasteiger partial charge in [-0.3, -0.25) is 34.2 Å². The summed E-state index contributed by atoms with van der Waals surface area (Å²) in [4.78, 5) is 74.5. The summed E-state index contributed by atoms with van der Waals surface area (Å²) in [7, 11) is 3.45. The summed E-state index contributed by atoms with van der Waals surface area (Å²) in [6.45, 7) is 17.2. The Bertz CT molecular complexity index is 1680. The van der Waals surface area contributed by atoms with Crippen LogP contribution in [0.4, 0.5) is 0 Å². The molecule has 5 amide bonds. The highest BCUT2D eigenvalue weighted by Gasteiger charge is 2.42. The molecule has 0 saturated carbocycles. The monoisotopic (exact) mass is 756 g/mol.